The molecule has 0 spiro atoms. The van der Waals surface area contributed by atoms with Crippen LogP contribution in [0.3, 0.4) is 0 Å². The van der Waals surface area contributed by atoms with Crippen molar-refractivity contribution >= 4 is 34.2 Å². The van der Waals surface area contributed by atoms with E-state index >= 15 is 0 Å². The molecule has 0 bridgehead atoms. The average Bonchev–Trinajstić information content (AvgIpc) is 3.08. The first kappa shape index (κ1) is 22.0. The standard InChI is InChI=1S/C23H27NO5S/c1-3-13-29-23(28)19-18(15-9-5-4-6-10-15)14(2)30-21(19)24-20(25)16-11-7-8-12-17(16)22(26)27/h4-6,9-10,16-17H,3,7-8,11-13H2,1-2H3,(H,24,25)(H,26,27)/t16-,17+/m1/s1. The molecule has 1 heterocycles. The topological polar surface area (TPSA) is 92.7 Å². The van der Waals surface area contributed by atoms with E-state index in [1.807, 2.05) is 44.2 Å². The van der Waals surface area contributed by atoms with E-state index in [9.17, 15) is 19.5 Å². The Morgan fingerprint density at radius 1 is 1.13 bits per heavy atom. The van der Waals surface area contributed by atoms with Crippen LogP contribution in [-0.4, -0.2) is 29.6 Å². The van der Waals surface area contributed by atoms with Gasteiger partial charge < -0.3 is 15.2 Å². The molecule has 0 saturated heterocycles. The van der Waals surface area contributed by atoms with Gasteiger partial charge in [-0.05, 0) is 31.7 Å². The predicted molar refractivity (Wildman–Crippen MR) is 117 cm³/mol. The fraction of sp³-hybridized carbons (Fsp3) is 0.435. The molecule has 2 N–H and O–H groups in total. The lowest BCUT2D eigenvalue weighted by Gasteiger charge is -2.27. The molecule has 1 aromatic heterocycles. The number of aryl methyl sites for hydroxylation is 1. The summed E-state index contributed by atoms with van der Waals surface area (Å²) in [6.07, 6.45) is 3.36. The van der Waals surface area contributed by atoms with Gasteiger partial charge in [0.1, 0.15) is 10.6 Å². The van der Waals surface area contributed by atoms with Crippen LogP contribution in [0.5, 0.6) is 0 Å². The number of carboxylic acids is 1. The molecule has 0 radical (unpaired) electrons. The summed E-state index contributed by atoms with van der Waals surface area (Å²) in [6.45, 7) is 4.11. The number of anilines is 1. The Morgan fingerprint density at radius 2 is 1.80 bits per heavy atom. The maximum absolute atomic E-state index is 13.0. The Balaban J connectivity index is 1.96. The minimum absolute atomic E-state index is 0.291. The lowest BCUT2D eigenvalue weighted by molar-refractivity contribution is -0.147. The number of thiophene rings is 1. The van der Waals surface area contributed by atoms with Crippen LogP contribution in [0, 0.1) is 18.8 Å². The predicted octanol–water partition coefficient (Wildman–Crippen LogP) is 5.12. The Labute approximate surface area is 180 Å². The molecule has 1 aromatic carbocycles. The van der Waals surface area contributed by atoms with Gasteiger partial charge in [0, 0.05) is 10.4 Å². The molecule has 1 fully saturated rings. The first-order valence-corrected chi connectivity index (χ1v) is 11.1. The molecule has 0 unspecified atom stereocenters. The van der Waals surface area contributed by atoms with Gasteiger partial charge in [-0.3, -0.25) is 9.59 Å². The number of rotatable bonds is 7. The Hall–Kier alpha value is -2.67. The highest BCUT2D eigenvalue weighted by molar-refractivity contribution is 7.17. The van der Waals surface area contributed by atoms with Gasteiger partial charge in [-0.15, -0.1) is 11.3 Å². The fourth-order valence-electron chi connectivity index (χ4n) is 3.99. The molecule has 1 amide bonds. The van der Waals surface area contributed by atoms with Crippen molar-refractivity contribution in [1.82, 2.24) is 0 Å². The van der Waals surface area contributed by atoms with Crippen molar-refractivity contribution in [2.45, 2.75) is 46.0 Å². The van der Waals surface area contributed by atoms with Crippen molar-refractivity contribution in [2.24, 2.45) is 11.8 Å². The van der Waals surface area contributed by atoms with Crippen molar-refractivity contribution in [3.8, 4) is 11.1 Å². The fourth-order valence-corrected chi connectivity index (χ4v) is 5.06. The number of hydrogen-bond donors (Lipinski definition) is 2. The minimum Gasteiger partial charge on any atom is -0.481 e. The third-order valence-electron chi connectivity index (χ3n) is 5.44. The summed E-state index contributed by atoms with van der Waals surface area (Å²) in [5.41, 5.74) is 1.96. The normalized spacial score (nSPS) is 18.6. The Bertz CT molecular complexity index is 921. The summed E-state index contributed by atoms with van der Waals surface area (Å²) in [7, 11) is 0. The van der Waals surface area contributed by atoms with Crippen molar-refractivity contribution in [1.29, 1.82) is 0 Å². The zero-order valence-electron chi connectivity index (χ0n) is 17.3. The van der Waals surface area contributed by atoms with Crippen LogP contribution in [0.15, 0.2) is 30.3 Å². The molecule has 3 rings (SSSR count). The zero-order valence-corrected chi connectivity index (χ0v) is 18.1. The molecular formula is C23H27NO5S. The van der Waals surface area contributed by atoms with Crippen molar-refractivity contribution in [3.05, 3.63) is 40.8 Å². The first-order chi connectivity index (χ1) is 14.4. The molecule has 1 saturated carbocycles. The summed E-state index contributed by atoms with van der Waals surface area (Å²) in [5.74, 6) is -3.05. The second-order valence-corrected chi connectivity index (χ2v) is 8.79. The molecule has 1 aliphatic rings. The van der Waals surface area contributed by atoms with Crippen LogP contribution in [-0.2, 0) is 14.3 Å². The highest BCUT2D eigenvalue weighted by Crippen LogP contribution is 2.41. The maximum atomic E-state index is 13.0. The van der Waals surface area contributed by atoms with Gasteiger partial charge in [0.25, 0.3) is 0 Å². The number of carboxylic acid groups (broad SMARTS) is 1. The molecule has 160 valence electrons. The van der Waals surface area contributed by atoms with Gasteiger partial charge in [0.05, 0.1) is 18.4 Å². The van der Waals surface area contributed by atoms with E-state index in [1.54, 1.807) is 0 Å². The smallest absolute Gasteiger partial charge is 0.341 e. The van der Waals surface area contributed by atoms with Crippen LogP contribution < -0.4 is 5.32 Å². The number of aliphatic carboxylic acids is 1. The maximum Gasteiger partial charge on any atom is 0.341 e. The van der Waals surface area contributed by atoms with Crippen LogP contribution in [0.2, 0.25) is 0 Å². The van der Waals surface area contributed by atoms with E-state index in [0.29, 0.717) is 36.4 Å². The summed E-state index contributed by atoms with van der Waals surface area (Å²) in [5, 5.41) is 12.8. The van der Waals surface area contributed by atoms with Crippen LogP contribution in [0.4, 0.5) is 5.00 Å². The van der Waals surface area contributed by atoms with Crippen LogP contribution in [0.1, 0.15) is 54.3 Å². The van der Waals surface area contributed by atoms with Crippen LogP contribution >= 0.6 is 11.3 Å². The van der Waals surface area contributed by atoms with Gasteiger partial charge in [-0.1, -0.05) is 50.1 Å². The third-order valence-corrected chi connectivity index (χ3v) is 6.47. The molecule has 2 aromatic rings. The Kier molecular flexibility index (Phi) is 7.26. The highest BCUT2D eigenvalue weighted by Gasteiger charge is 2.37. The summed E-state index contributed by atoms with van der Waals surface area (Å²) in [4.78, 5) is 38.4. The van der Waals surface area contributed by atoms with E-state index in [0.717, 1.165) is 28.8 Å². The number of esters is 1. The molecular weight excluding hydrogens is 402 g/mol. The van der Waals surface area contributed by atoms with E-state index in [1.165, 1.54) is 11.3 Å². The van der Waals surface area contributed by atoms with Crippen LogP contribution in [0.25, 0.3) is 11.1 Å². The second-order valence-electron chi connectivity index (χ2n) is 7.56. The number of hydrogen-bond acceptors (Lipinski definition) is 5. The average molecular weight is 430 g/mol. The van der Waals surface area contributed by atoms with Gasteiger partial charge in [0.2, 0.25) is 5.91 Å². The first-order valence-electron chi connectivity index (χ1n) is 10.3. The van der Waals surface area contributed by atoms with Gasteiger partial charge in [-0.2, -0.15) is 0 Å². The largest absolute Gasteiger partial charge is 0.481 e. The molecule has 30 heavy (non-hydrogen) atoms. The third kappa shape index (κ3) is 4.73. The van der Waals surface area contributed by atoms with E-state index < -0.39 is 23.8 Å². The molecule has 6 nitrogen and oxygen atoms in total. The van der Waals surface area contributed by atoms with Gasteiger partial charge in [-0.25, -0.2) is 4.79 Å². The van der Waals surface area contributed by atoms with E-state index in [2.05, 4.69) is 5.32 Å². The highest BCUT2D eigenvalue weighted by atomic mass is 32.1. The van der Waals surface area contributed by atoms with E-state index in [-0.39, 0.29) is 5.91 Å². The van der Waals surface area contributed by atoms with Crippen molar-refractivity contribution in [2.75, 3.05) is 11.9 Å². The van der Waals surface area contributed by atoms with Gasteiger partial charge in [0.15, 0.2) is 0 Å². The number of benzene rings is 1. The van der Waals surface area contributed by atoms with E-state index in [4.69, 9.17) is 4.74 Å². The lowest BCUT2D eigenvalue weighted by atomic mass is 9.78. The quantitative estimate of drug-likeness (QED) is 0.596. The molecule has 1 aliphatic carbocycles. The number of nitrogens with one attached hydrogen (secondary N) is 1. The summed E-state index contributed by atoms with van der Waals surface area (Å²) < 4.78 is 5.40. The monoisotopic (exact) mass is 429 g/mol. The Morgan fingerprint density at radius 3 is 2.43 bits per heavy atom. The number of amides is 1. The summed E-state index contributed by atoms with van der Waals surface area (Å²) >= 11 is 1.32. The summed E-state index contributed by atoms with van der Waals surface area (Å²) in [6, 6.07) is 9.52. The second kappa shape index (κ2) is 9.89. The SMILES string of the molecule is CCCOC(=O)c1c(NC(=O)[C@@H]2CCCC[C@@H]2C(=O)O)sc(C)c1-c1ccccc1. The zero-order chi connectivity index (χ0) is 21.7. The number of carbonyl (C=O) groups excluding carboxylic acids is 2. The molecule has 7 heteroatoms. The lowest BCUT2D eigenvalue weighted by Crippen LogP contribution is -2.36. The minimum atomic E-state index is -0.940. The number of ether oxygens (including phenoxy) is 1. The van der Waals surface area contributed by atoms with Crippen molar-refractivity contribution in [3.63, 3.8) is 0 Å². The van der Waals surface area contributed by atoms with Crippen molar-refractivity contribution < 1.29 is 24.2 Å². The molecule has 0 aliphatic heterocycles. The number of carbonyl (C=O) groups is 3. The van der Waals surface area contributed by atoms with Gasteiger partial charge >= 0.3 is 11.9 Å². The molecule has 2 atom stereocenters.